The van der Waals surface area contributed by atoms with Crippen LogP contribution in [0.3, 0.4) is 0 Å². The third kappa shape index (κ3) is 3.30. The van der Waals surface area contributed by atoms with Crippen LogP contribution in [0.5, 0.6) is 0 Å². The molecular weight excluding hydrogens is 230 g/mol. The van der Waals surface area contributed by atoms with Crippen molar-refractivity contribution >= 4 is 11.6 Å². The highest BCUT2D eigenvalue weighted by Gasteiger charge is 2.19. The first-order valence-corrected chi connectivity index (χ1v) is 6.38. The molecule has 0 aromatic carbocycles. The van der Waals surface area contributed by atoms with Gasteiger partial charge in [-0.3, -0.25) is 0 Å². The fourth-order valence-electron chi connectivity index (χ4n) is 2.10. The van der Waals surface area contributed by atoms with Crippen molar-refractivity contribution in [3.63, 3.8) is 0 Å². The molecule has 0 amide bonds. The van der Waals surface area contributed by atoms with Gasteiger partial charge in [-0.2, -0.15) is 0 Å². The van der Waals surface area contributed by atoms with Crippen molar-refractivity contribution in [2.24, 2.45) is 5.73 Å². The van der Waals surface area contributed by atoms with E-state index < -0.39 is 0 Å². The average Bonchev–Trinajstić information content (AvgIpc) is 2.45. The van der Waals surface area contributed by atoms with Gasteiger partial charge < -0.3 is 20.7 Å². The molecule has 1 saturated heterocycles. The van der Waals surface area contributed by atoms with Crippen LogP contribution in [-0.2, 0) is 4.74 Å². The van der Waals surface area contributed by atoms with E-state index in [1.807, 2.05) is 6.07 Å². The van der Waals surface area contributed by atoms with E-state index in [2.05, 4.69) is 27.2 Å². The lowest BCUT2D eigenvalue weighted by Crippen LogP contribution is -2.37. The maximum atomic E-state index is 5.46. The minimum Gasteiger partial charge on any atom is -0.381 e. The minimum atomic E-state index is 0.496. The Morgan fingerprint density at radius 3 is 2.94 bits per heavy atom. The predicted molar refractivity (Wildman–Crippen MR) is 71.8 cm³/mol. The predicted octanol–water partition coefficient (Wildman–Crippen LogP) is 0.462. The lowest BCUT2D eigenvalue weighted by molar-refractivity contribution is 0.0853. The lowest BCUT2D eigenvalue weighted by Gasteiger charge is -2.32. The third-order valence-electron chi connectivity index (χ3n) is 3.20. The summed E-state index contributed by atoms with van der Waals surface area (Å²) in [6, 6.07) is 2.46. The number of hydrogen-bond donors (Lipinski definition) is 2. The van der Waals surface area contributed by atoms with Crippen LogP contribution in [0.25, 0.3) is 0 Å². The van der Waals surface area contributed by atoms with Crippen LogP contribution in [0.4, 0.5) is 11.6 Å². The van der Waals surface area contributed by atoms with Crippen LogP contribution in [0.15, 0.2) is 12.4 Å². The molecule has 2 rings (SSSR count). The van der Waals surface area contributed by atoms with Gasteiger partial charge in [0.15, 0.2) is 0 Å². The van der Waals surface area contributed by atoms with Crippen molar-refractivity contribution in [3.8, 4) is 0 Å². The largest absolute Gasteiger partial charge is 0.381 e. The van der Waals surface area contributed by atoms with Gasteiger partial charge in [0.05, 0.1) is 0 Å². The van der Waals surface area contributed by atoms with E-state index in [1.54, 1.807) is 6.33 Å². The van der Waals surface area contributed by atoms with E-state index in [0.717, 1.165) is 44.2 Å². The van der Waals surface area contributed by atoms with Crippen molar-refractivity contribution in [1.29, 1.82) is 0 Å². The molecule has 1 aromatic rings. The molecule has 2 heterocycles. The van der Waals surface area contributed by atoms with Crippen molar-refractivity contribution < 1.29 is 4.74 Å². The molecule has 1 aliphatic rings. The number of hydrogen-bond acceptors (Lipinski definition) is 6. The van der Waals surface area contributed by atoms with Crippen molar-refractivity contribution in [2.45, 2.75) is 18.9 Å². The molecule has 3 N–H and O–H groups in total. The van der Waals surface area contributed by atoms with Gasteiger partial charge in [0.1, 0.15) is 18.0 Å². The Morgan fingerprint density at radius 2 is 2.22 bits per heavy atom. The van der Waals surface area contributed by atoms with Gasteiger partial charge in [-0.25, -0.2) is 9.97 Å². The molecule has 0 unspecified atom stereocenters. The molecule has 0 saturated carbocycles. The summed E-state index contributed by atoms with van der Waals surface area (Å²) < 4.78 is 5.38. The second-order valence-electron chi connectivity index (χ2n) is 4.43. The molecule has 100 valence electrons. The van der Waals surface area contributed by atoms with Crippen LogP contribution in [-0.4, -0.2) is 49.4 Å². The summed E-state index contributed by atoms with van der Waals surface area (Å²) in [7, 11) is 2.07. The Bertz CT molecular complexity index is 367. The molecule has 0 atom stereocenters. The zero-order valence-electron chi connectivity index (χ0n) is 10.8. The standard InChI is InChI=1S/C12H21N5O/c1-17(10-2-6-18-7-3-10)12-8-11(14-5-4-13)15-9-16-12/h8-10H,2-7,13H2,1H3,(H,14,15,16). The van der Waals surface area contributed by atoms with E-state index in [4.69, 9.17) is 10.5 Å². The molecule has 6 heteroatoms. The maximum Gasteiger partial charge on any atom is 0.134 e. The molecule has 0 spiro atoms. The van der Waals surface area contributed by atoms with Gasteiger partial charge in [0.2, 0.25) is 0 Å². The molecule has 1 aromatic heterocycles. The number of rotatable bonds is 5. The summed E-state index contributed by atoms with van der Waals surface area (Å²) in [6.07, 6.45) is 3.68. The molecule has 0 bridgehead atoms. The maximum absolute atomic E-state index is 5.46. The molecule has 1 aliphatic heterocycles. The summed E-state index contributed by atoms with van der Waals surface area (Å²) in [6.45, 7) is 2.98. The highest BCUT2D eigenvalue weighted by atomic mass is 16.5. The second kappa shape index (κ2) is 6.51. The quantitative estimate of drug-likeness (QED) is 0.792. The molecule has 6 nitrogen and oxygen atoms in total. The summed E-state index contributed by atoms with van der Waals surface area (Å²) in [4.78, 5) is 10.7. The van der Waals surface area contributed by atoms with Gasteiger partial charge in [0.25, 0.3) is 0 Å². The summed E-state index contributed by atoms with van der Waals surface area (Å²) >= 11 is 0. The Kier molecular flexibility index (Phi) is 4.72. The topological polar surface area (TPSA) is 76.3 Å². The fraction of sp³-hybridized carbons (Fsp3) is 0.667. The highest BCUT2D eigenvalue weighted by Crippen LogP contribution is 2.20. The van der Waals surface area contributed by atoms with Gasteiger partial charge in [0, 0.05) is 45.5 Å². The van der Waals surface area contributed by atoms with E-state index in [0.29, 0.717) is 12.6 Å². The van der Waals surface area contributed by atoms with Crippen LogP contribution in [0.2, 0.25) is 0 Å². The molecule has 18 heavy (non-hydrogen) atoms. The first-order valence-electron chi connectivity index (χ1n) is 6.38. The molecule has 0 radical (unpaired) electrons. The first-order chi connectivity index (χ1) is 8.81. The Labute approximate surface area is 108 Å². The Balaban J connectivity index is 2.02. The van der Waals surface area contributed by atoms with Crippen molar-refractivity contribution in [3.05, 3.63) is 12.4 Å². The van der Waals surface area contributed by atoms with Crippen molar-refractivity contribution in [1.82, 2.24) is 9.97 Å². The monoisotopic (exact) mass is 251 g/mol. The van der Waals surface area contributed by atoms with Crippen LogP contribution in [0, 0.1) is 0 Å². The van der Waals surface area contributed by atoms with Crippen molar-refractivity contribution in [2.75, 3.05) is 43.6 Å². The molecule has 0 aliphatic carbocycles. The van der Waals surface area contributed by atoms with Gasteiger partial charge in [-0.1, -0.05) is 0 Å². The van der Waals surface area contributed by atoms with Crippen LogP contribution in [0.1, 0.15) is 12.8 Å². The van der Waals surface area contributed by atoms with Gasteiger partial charge in [-0.05, 0) is 12.8 Å². The zero-order valence-corrected chi connectivity index (χ0v) is 10.8. The number of ether oxygens (including phenoxy) is 1. The van der Waals surface area contributed by atoms with Gasteiger partial charge in [-0.15, -0.1) is 0 Å². The second-order valence-corrected chi connectivity index (χ2v) is 4.43. The minimum absolute atomic E-state index is 0.496. The number of aromatic nitrogens is 2. The number of nitrogens with zero attached hydrogens (tertiary/aromatic N) is 3. The van der Waals surface area contributed by atoms with Crippen LogP contribution < -0.4 is 16.0 Å². The summed E-state index contributed by atoms with van der Waals surface area (Å²) in [5.41, 5.74) is 5.46. The average molecular weight is 251 g/mol. The summed E-state index contributed by atoms with van der Waals surface area (Å²) in [5, 5.41) is 3.17. The van der Waals surface area contributed by atoms with E-state index in [1.165, 1.54) is 0 Å². The van der Waals surface area contributed by atoms with E-state index >= 15 is 0 Å². The first kappa shape index (κ1) is 13.0. The summed E-state index contributed by atoms with van der Waals surface area (Å²) in [5.74, 6) is 1.76. The smallest absolute Gasteiger partial charge is 0.134 e. The highest BCUT2D eigenvalue weighted by molar-refractivity contribution is 5.48. The van der Waals surface area contributed by atoms with Gasteiger partial charge >= 0.3 is 0 Å². The lowest BCUT2D eigenvalue weighted by atomic mass is 10.1. The SMILES string of the molecule is CN(c1cc(NCCN)ncn1)C1CCOCC1. The number of nitrogens with two attached hydrogens (primary N) is 1. The molecular formula is C12H21N5O. The normalized spacial score (nSPS) is 16.6. The van der Waals surface area contributed by atoms with E-state index in [-0.39, 0.29) is 0 Å². The third-order valence-corrected chi connectivity index (χ3v) is 3.20. The zero-order chi connectivity index (χ0) is 12.8. The Hall–Kier alpha value is -1.40. The fourth-order valence-corrected chi connectivity index (χ4v) is 2.10. The van der Waals surface area contributed by atoms with E-state index in [9.17, 15) is 0 Å². The number of nitrogens with one attached hydrogen (secondary N) is 1. The molecule has 1 fully saturated rings. The van der Waals surface area contributed by atoms with Crippen LogP contribution >= 0.6 is 0 Å². The number of anilines is 2. The Morgan fingerprint density at radius 1 is 1.44 bits per heavy atom.